The molecule has 0 aromatic rings. The lowest BCUT2D eigenvalue weighted by molar-refractivity contribution is 0.894. The third kappa shape index (κ3) is 0.878. The molecule has 1 aliphatic carbocycles. The molecule has 0 amide bonds. The van der Waals surface area contributed by atoms with E-state index in [0.29, 0.717) is 0 Å². The van der Waals surface area contributed by atoms with Gasteiger partial charge in [0.2, 0.25) is 0 Å². The van der Waals surface area contributed by atoms with Crippen LogP contribution in [0.2, 0.25) is 0 Å². The van der Waals surface area contributed by atoms with Crippen molar-refractivity contribution in [3.63, 3.8) is 0 Å². The van der Waals surface area contributed by atoms with Crippen LogP contribution >= 0.6 is 0 Å². The zero-order valence-electron chi connectivity index (χ0n) is 5.80. The van der Waals surface area contributed by atoms with Crippen LogP contribution in [-0.4, -0.2) is 0 Å². The van der Waals surface area contributed by atoms with Crippen LogP contribution in [-0.2, 0) is 0 Å². The molecule has 0 atom stereocenters. The summed E-state index contributed by atoms with van der Waals surface area (Å²) in [7, 11) is 0. The molecule has 0 aromatic heterocycles. The molecule has 1 N–H and O–H groups in total. The highest BCUT2D eigenvalue weighted by molar-refractivity contribution is 5.43. The van der Waals surface area contributed by atoms with Gasteiger partial charge in [0, 0.05) is 0 Å². The molecule has 0 aromatic carbocycles. The third-order valence-electron chi connectivity index (χ3n) is 1.87. The standard InChI is InChI=1S/C9H10N/c1-2-4-9-7-10-6-5-8(9)3-1/h1,3,5-7,10H,2,4H2. The van der Waals surface area contributed by atoms with E-state index >= 15 is 0 Å². The van der Waals surface area contributed by atoms with E-state index in [1.165, 1.54) is 24.0 Å². The minimum absolute atomic E-state index is 1.18. The molecule has 1 heterocycles. The molecule has 0 saturated carbocycles. The van der Waals surface area contributed by atoms with Crippen molar-refractivity contribution in [3.8, 4) is 0 Å². The summed E-state index contributed by atoms with van der Waals surface area (Å²) < 4.78 is 0. The van der Waals surface area contributed by atoms with Crippen LogP contribution in [0.15, 0.2) is 35.6 Å². The van der Waals surface area contributed by atoms with Crippen LogP contribution in [0.1, 0.15) is 12.8 Å². The van der Waals surface area contributed by atoms with Crippen molar-refractivity contribution in [3.05, 3.63) is 42.1 Å². The maximum Gasteiger partial charge on any atom is 0.0717 e. The van der Waals surface area contributed by atoms with Gasteiger partial charge in [0.15, 0.2) is 0 Å². The zero-order valence-corrected chi connectivity index (χ0v) is 5.80. The zero-order chi connectivity index (χ0) is 6.81. The fourth-order valence-electron chi connectivity index (χ4n) is 1.31. The van der Waals surface area contributed by atoms with Crippen LogP contribution in [0, 0.1) is 6.54 Å². The molecule has 2 rings (SSSR count). The van der Waals surface area contributed by atoms with Gasteiger partial charge in [0.05, 0.1) is 6.54 Å². The number of dihydropyridines is 1. The third-order valence-corrected chi connectivity index (χ3v) is 1.87. The van der Waals surface area contributed by atoms with Crippen molar-refractivity contribution < 1.29 is 0 Å². The number of rotatable bonds is 0. The first-order valence-corrected chi connectivity index (χ1v) is 3.62. The second kappa shape index (κ2) is 2.33. The first-order valence-electron chi connectivity index (χ1n) is 3.62. The molecule has 1 radical (unpaired) electrons. The average Bonchev–Trinajstić information content (AvgIpc) is 2.05. The molecule has 0 unspecified atom stereocenters. The Bertz CT molecular complexity index is 199. The van der Waals surface area contributed by atoms with E-state index in [1.807, 2.05) is 6.20 Å². The Morgan fingerprint density at radius 1 is 1.30 bits per heavy atom. The minimum atomic E-state index is 1.18. The quantitative estimate of drug-likeness (QED) is 0.531. The highest BCUT2D eigenvalue weighted by Gasteiger charge is 2.07. The van der Waals surface area contributed by atoms with Crippen LogP contribution in [0.5, 0.6) is 0 Å². The summed E-state index contributed by atoms with van der Waals surface area (Å²) in [5.41, 5.74) is 2.80. The molecular weight excluding hydrogens is 122 g/mol. The van der Waals surface area contributed by atoms with Crippen molar-refractivity contribution in [1.82, 2.24) is 5.32 Å². The highest BCUT2D eigenvalue weighted by atomic mass is 14.8. The van der Waals surface area contributed by atoms with Crippen molar-refractivity contribution in [1.29, 1.82) is 0 Å². The van der Waals surface area contributed by atoms with E-state index in [9.17, 15) is 0 Å². The van der Waals surface area contributed by atoms with Gasteiger partial charge in [-0.3, -0.25) is 0 Å². The summed E-state index contributed by atoms with van der Waals surface area (Å²) in [6.45, 7) is 2.08. The van der Waals surface area contributed by atoms with Crippen molar-refractivity contribution in [2.24, 2.45) is 0 Å². The minimum Gasteiger partial charge on any atom is -0.382 e. The highest BCUT2D eigenvalue weighted by Crippen LogP contribution is 2.22. The monoisotopic (exact) mass is 132 g/mol. The summed E-state index contributed by atoms with van der Waals surface area (Å²) in [6, 6.07) is 0. The second-order valence-corrected chi connectivity index (χ2v) is 2.57. The Hall–Kier alpha value is -0.980. The molecule has 10 heavy (non-hydrogen) atoms. The molecule has 1 heteroatoms. The van der Waals surface area contributed by atoms with Gasteiger partial charge < -0.3 is 5.32 Å². The van der Waals surface area contributed by atoms with Gasteiger partial charge >= 0.3 is 0 Å². The molecule has 51 valence electrons. The molecule has 2 aliphatic rings. The van der Waals surface area contributed by atoms with Crippen molar-refractivity contribution in [2.45, 2.75) is 12.8 Å². The Morgan fingerprint density at radius 3 is 3.20 bits per heavy atom. The van der Waals surface area contributed by atoms with Crippen LogP contribution in [0.25, 0.3) is 0 Å². The Morgan fingerprint density at radius 2 is 2.30 bits per heavy atom. The predicted octanol–water partition coefficient (Wildman–Crippen LogP) is 1.91. The van der Waals surface area contributed by atoms with E-state index in [4.69, 9.17) is 0 Å². The fraction of sp³-hybridized carbons (Fsp3) is 0.222. The summed E-state index contributed by atoms with van der Waals surface area (Å²) in [4.78, 5) is 0. The Labute approximate surface area is 61.1 Å². The SMILES string of the molecule is [CH]1NC=CC2=C1CCC=C2. The number of nitrogens with one attached hydrogen (secondary N) is 1. The largest absolute Gasteiger partial charge is 0.382 e. The first kappa shape index (κ1) is 5.78. The van der Waals surface area contributed by atoms with E-state index in [0.717, 1.165) is 0 Å². The maximum absolute atomic E-state index is 3.09. The van der Waals surface area contributed by atoms with E-state index in [-0.39, 0.29) is 0 Å². The van der Waals surface area contributed by atoms with Gasteiger partial charge in [-0.1, -0.05) is 12.2 Å². The Kier molecular flexibility index (Phi) is 1.35. The predicted molar refractivity (Wildman–Crippen MR) is 42.0 cm³/mol. The number of hydrogen-bond donors (Lipinski definition) is 1. The lowest BCUT2D eigenvalue weighted by Gasteiger charge is -2.16. The lowest BCUT2D eigenvalue weighted by Crippen LogP contribution is -2.10. The van der Waals surface area contributed by atoms with E-state index in [2.05, 4.69) is 30.1 Å². The number of allylic oxidation sites excluding steroid dienone is 4. The first-order chi connectivity index (χ1) is 4.97. The van der Waals surface area contributed by atoms with Crippen LogP contribution < -0.4 is 5.32 Å². The molecule has 1 aliphatic heterocycles. The number of hydrogen-bond acceptors (Lipinski definition) is 1. The lowest BCUT2D eigenvalue weighted by atomic mass is 9.96. The summed E-state index contributed by atoms with van der Waals surface area (Å²) in [6.07, 6.45) is 10.9. The molecule has 0 saturated heterocycles. The average molecular weight is 132 g/mol. The fourth-order valence-corrected chi connectivity index (χ4v) is 1.31. The summed E-state index contributed by atoms with van der Waals surface area (Å²) in [5.74, 6) is 0. The van der Waals surface area contributed by atoms with Gasteiger partial charge in [0.1, 0.15) is 0 Å². The maximum atomic E-state index is 3.09. The molecule has 1 nitrogen and oxygen atoms in total. The van der Waals surface area contributed by atoms with Crippen LogP contribution in [0.4, 0.5) is 0 Å². The molecule has 0 spiro atoms. The molecule has 0 fully saturated rings. The topological polar surface area (TPSA) is 12.0 Å². The summed E-state index contributed by atoms with van der Waals surface area (Å²) in [5, 5.41) is 3.09. The van der Waals surface area contributed by atoms with Gasteiger partial charge in [-0.25, -0.2) is 0 Å². The van der Waals surface area contributed by atoms with Gasteiger partial charge in [-0.15, -0.1) is 0 Å². The van der Waals surface area contributed by atoms with Crippen molar-refractivity contribution >= 4 is 0 Å². The van der Waals surface area contributed by atoms with Gasteiger partial charge in [0.25, 0.3) is 0 Å². The van der Waals surface area contributed by atoms with Crippen LogP contribution in [0.3, 0.4) is 0 Å². The molecular formula is C9H10N. The normalized spacial score (nSPS) is 22.4. The van der Waals surface area contributed by atoms with E-state index in [1.54, 1.807) is 0 Å². The smallest absolute Gasteiger partial charge is 0.0717 e. The Balaban J connectivity index is 2.32. The summed E-state index contributed by atoms with van der Waals surface area (Å²) >= 11 is 0. The second-order valence-electron chi connectivity index (χ2n) is 2.57. The van der Waals surface area contributed by atoms with Crippen molar-refractivity contribution in [2.75, 3.05) is 0 Å². The van der Waals surface area contributed by atoms with E-state index < -0.39 is 0 Å². The van der Waals surface area contributed by atoms with Gasteiger partial charge in [-0.05, 0) is 36.3 Å². The van der Waals surface area contributed by atoms with Gasteiger partial charge in [-0.2, -0.15) is 0 Å². The molecule has 0 bridgehead atoms.